The van der Waals surface area contributed by atoms with Crippen molar-refractivity contribution in [3.8, 4) is 5.75 Å². The average Bonchev–Trinajstić information content (AvgIpc) is 2.25. The Morgan fingerprint density at radius 1 is 1.50 bits per heavy atom. The van der Waals surface area contributed by atoms with Crippen LogP contribution < -0.4 is 15.6 Å². The molecule has 4 N–H and O–H groups in total. The average molecular weight is 276 g/mol. The molecule has 1 amide bonds. The Balaban J connectivity index is 3.03. The molecule has 1 aromatic rings. The summed E-state index contributed by atoms with van der Waals surface area (Å²) in [6, 6.07) is 2.89. The number of nitrogens with two attached hydrogens (primary N) is 2. The van der Waals surface area contributed by atoms with Crippen molar-refractivity contribution in [3.63, 3.8) is 0 Å². The Kier molecular flexibility index (Phi) is 4.25. The number of amides is 1. The minimum atomic E-state index is -3.98. The zero-order valence-corrected chi connectivity index (χ0v) is 10.4. The van der Waals surface area contributed by atoms with Crippen molar-refractivity contribution in [2.45, 2.75) is 24.3 Å². The summed E-state index contributed by atoms with van der Waals surface area (Å²) in [4.78, 5) is 10.6. The van der Waals surface area contributed by atoms with Gasteiger partial charge in [0, 0.05) is 0 Å². The fourth-order valence-corrected chi connectivity index (χ4v) is 1.78. The number of benzene rings is 1. The number of ether oxygens (including phenoxy) is 1. The molecule has 0 heterocycles. The predicted molar refractivity (Wildman–Crippen MR) is 61.7 cm³/mol. The van der Waals surface area contributed by atoms with E-state index in [1.54, 1.807) is 6.92 Å². The summed E-state index contributed by atoms with van der Waals surface area (Å²) in [7, 11) is -3.98. The van der Waals surface area contributed by atoms with E-state index in [9.17, 15) is 17.6 Å². The highest BCUT2D eigenvalue weighted by Crippen LogP contribution is 2.22. The molecule has 0 aliphatic rings. The van der Waals surface area contributed by atoms with Crippen molar-refractivity contribution in [2.24, 2.45) is 10.9 Å². The van der Waals surface area contributed by atoms with E-state index in [1.807, 2.05) is 0 Å². The minimum Gasteiger partial charge on any atom is -0.478 e. The fraction of sp³-hybridized carbons (Fsp3) is 0.300. The maximum atomic E-state index is 13.5. The molecule has 1 rings (SSSR count). The molecule has 0 radical (unpaired) electrons. The molecular weight excluding hydrogens is 263 g/mol. The van der Waals surface area contributed by atoms with E-state index < -0.39 is 27.9 Å². The van der Waals surface area contributed by atoms with Crippen LogP contribution in [0, 0.1) is 5.82 Å². The number of primary amides is 1. The first-order valence-electron chi connectivity index (χ1n) is 5.04. The molecule has 6 nitrogen and oxygen atoms in total. The van der Waals surface area contributed by atoms with Gasteiger partial charge in [0.25, 0.3) is 5.91 Å². The number of halogens is 1. The molecule has 0 saturated heterocycles. The summed E-state index contributed by atoms with van der Waals surface area (Å²) in [5.74, 6) is -1.92. The molecule has 0 aliphatic carbocycles. The van der Waals surface area contributed by atoms with Crippen molar-refractivity contribution in [1.29, 1.82) is 0 Å². The van der Waals surface area contributed by atoms with Gasteiger partial charge in [0.2, 0.25) is 10.0 Å². The SMILES string of the molecule is CCC(Oc1ccc(S(N)(=O)=O)cc1F)C(N)=O. The van der Waals surface area contributed by atoms with Gasteiger partial charge in [0.15, 0.2) is 17.7 Å². The third-order valence-corrected chi connectivity index (χ3v) is 3.10. The lowest BCUT2D eigenvalue weighted by atomic mass is 10.2. The number of hydrogen-bond donors (Lipinski definition) is 2. The van der Waals surface area contributed by atoms with Crippen LogP contribution in [0.3, 0.4) is 0 Å². The first kappa shape index (κ1) is 14.4. The van der Waals surface area contributed by atoms with Crippen molar-refractivity contribution in [1.82, 2.24) is 0 Å². The Hall–Kier alpha value is -1.67. The van der Waals surface area contributed by atoms with E-state index in [-0.39, 0.29) is 17.1 Å². The molecule has 0 spiro atoms. The quantitative estimate of drug-likeness (QED) is 0.795. The smallest absolute Gasteiger partial charge is 0.258 e. The summed E-state index contributed by atoms with van der Waals surface area (Å²) in [6.07, 6.45) is -0.703. The van der Waals surface area contributed by atoms with Crippen LogP contribution in [0.2, 0.25) is 0 Å². The van der Waals surface area contributed by atoms with Gasteiger partial charge in [-0.25, -0.2) is 17.9 Å². The van der Waals surface area contributed by atoms with E-state index in [0.29, 0.717) is 0 Å². The molecule has 18 heavy (non-hydrogen) atoms. The van der Waals surface area contributed by atoms with Crippen LogP contribution in [0.25, 0.3) is 0 Å². The van der Waals surface area contributed by atoms with E-state index in [4.69, 9.17) is 15.6 Å². The zero-order chi connectivity index (χ0) is 13.9. The van der Waals surface area contributed by atoms with Gasteiger partial charge in [-0.15, -0.1) is 0 Å². The molecule has 1 aromatic carbocycles. The highest BCUT2D eigenvalue weighted by atomic mass is 32.2. The van der Waals surface area contributed by atoms with Crippen molar-refractivity contribution >= 4 is 15.9 Å². The Bertz CT molecular complexity index is 559. The van der Waals surface area contributed by atoms with Gasteiger partial charge in [-0.1, -0.05) is 6.92 Å². The summed E-state index contributed by atoms with van der Waals surface area (Å²) >= 11 is 0. The van der Waals surface area contributed by atoms with E-state index in [0.717, 1.165) is 18.2 Å². The first-order chi connectivity index (χ1) is 8.25. The lowest BCUT2D eigenvalue weighted by Gasteiger charge is -2.14. The molecule has 0 bridgehead atoms. The van der Waals surface area contributed by atoms with Crippen LogP contribution >= 0.6 is 0 Å². The van der Waals surface area contributed by atoms with Gasteiger partial charge in [0.05, 0.1) is 4.90 Å². The van der Waals surface area contributed by atoms with Gasteiger partial charge in [-0.2, -0.15) is 0 Å². The van der Waals surface area contributed by atoms with Crippen LogP contribution in [0.4, 0.5) is 4.39 Å². The predicted octanol–water partition coefficient (Wildman–Crippen LogP) is 0.116. The monoisotopic (exact) mass is 276 g/mol. The molecule has 1 unspecified atom stereocenters. The molecule has 100 valence electrons. The van der Waals surface area contributed by atoms with E-state index >= 15 is 0 Å². The largest absolute Gasteiger partial charge is 0.478 e. The second-order valence-electron chi connectivity index (χ2n) is 3.55. The van der Waals surface area contributed by atoms with Crippen LogP contribution in [0.1, 0.15) is 13.3 Å². The molecule has 8 heteroatoms. The van der Waals surface area contributed by atoms with Crippen molar-refractivity contribution in [3.05, 3.63) is 24.0 Å². The van der Waals surface area contributed by atoms with Crippen LogP contribution in [-0.2, 0) is 14.8 Å². The number of carbonyl (C=O) groups is 1. The third kappa shape index (κ3) is 3.41. The highest BCUT2D eigenvalue weighted by molar-refractivity contribution is 7.89. The van der Waals surface area contributed by atoms with Crippen LogP contribution in [0.15, 0.2) is 23.1 Å². The van der Waals surface area contributed by atoms with Crippen LogP contribution in [-0.4, -0.2) is 20.4 Å². The third-order valence-electron chi connectivity index (χ3n) is 2.19. The normalized spacial score (nSPS) is 13.1. The molecule has 0 aliphatic heterocycles. The van der Waals surface area contributed by atoms with Crippen molar-refractivity contribution < 1.29 is 22.3 Å². The molecular formula is C10H13FN2O4S. The second kappa shape index (κ2) is 5.32. The number of sulfonamides is 1. The lowest BCUT2D eigenvalue weighted by Crippen LogP contribution is -2.33. The Labute approximate surface area is 104 Å². The van der Waals surface area contributed by atoms with Gasteiger partial charge < -0.3 is 10.5 Å². The number of primary sulfonamides is 1. The van der Waals surface area contributed by atoms with E-state index in [2.05, 4.69) is 0 Å². The maximum Gasteiger partial charge on any atom is 0.258 e. The van der Waals surface area contributed by atoms with Crippen molar-refractivity contribution in [2.75, 3.05) is 0 Å². The maximum absolute atomic E-state index is 13.5. The highest BCUT2D eigenvalue weighted by Gasteiger charge is 2.18. The summed E-state index contributed by atoms with van der Waals surface area (Å²) < 4.78 is 40.5. The van der Waals surface area contributed by atoms with E-state index in [1.165, 1.54) is 0 Å². The molecule has 0 fully saturated rings. The zero-order valence-electron chi connectivity index (χ0n) is 9.59. The van der Waals surface area contributed by atoms with Gasteiger partial charge >= 0.3 is 0 Å². The fourth-order valence-electron chi connectivity index (χ4n) is 1.25. The van der Waals surface area contributed by atoms with Crippen LogP contribution in [0.5, 0.6) is 5.75 Å². The topological polar surface area (TPSA) is 112 Å². The molecule has 1 atom stereocenters. The number of hydrogen-bond acceptors (Lipinski definition) is 4. The second-order valence-corrected chi connectivity index (χ2v) is 5.12. The first-order valence-corrected chi connectivity index (χ1v) is 6.58. The number of carbonyl (C=O) groups excluding carboxylic acids is 1. The Morgan fingerprint density at radius 2 is 2.11 bits per heavy atom. The standard InChI is InChI=1S/C10H13FN2O4S/c1-2-8(10(12)14)17-9-4-3-6(5-7(9)11)18(13,15)16/h3-5,8H,2H2,1H3,(H2,12,14)(H2,13,15,16). The Morgan fingerprint density at radius 3 is 2.50 bits per heavy atom. The lowest BCUT2D eigenvalue weighted by molar-refractivity contribution is -0.124. The summed E-state index contributed by atoms with van der Waals surface area (Å²) in [6.45, 7) is 1.64. The minimum absolute atomic E-state index is 0.256. The van der Waals surface area contributed by atoms with Gasteiger partial charge in [-0.3, -0.25) is 4.79 Å². The number of rotatable bonds is 5. The molecule has 0 saturated carbocycles. The van der Waals surface area contributed by atoms with Gasteiger partial charge in [0.1, 0.15) is 0 Å². The summed E-state index contributed by atoms with van der Waals surface area (Å²) in [5, 5.41) is 4.84. The molecule has 0 aromatic heterocycles. The van der Waals surface area contributed by atoms with Gasteiger partial charge in [-0.05, 0) is 24.6 Å². The summed E-state index contributed by atoms with van der Waals surface area (Å²) in [5.41, 5.74) is 5.04.